The molecule has 2 aromatic carbocycles. The number of carbonyl (C=O) groups excluding carboxylic acids is 1. The molecule has 2 aliphatic rings. The van der Waals surface area contributed by atoms with E-state index in [0.717, 1.165) is 25.1 Å². The van der Waals surface area contributed by atoms with Crippen LogP contribution in [-0.4, -0.2) is 146 Å². The van der Waals surface area contributed by atoms with Crippen LogP contribution in [0.25, 0.3) is 22.3 Å². The van der Waals surface area contributed by atoms with E-state index >= 15 is 0 Å². The predicted molar refractivity (Wildman–Crippen MR) is 171 cm³/mol. The van der Waals surface area contributed by atoms with Crippen molar-refractivity contribution in [1.29, 1.82) is 0 Å². The van der Waals surface area contributed by atoms with Gasteiger partial charge in [-0.25, -0.2) is 0 Å². The lowest BCUT2D eigenvalue weighted by Gasteiger charge is -2.42. The second-order valence-corrected chi connectivity index (χ2v) is 13.2. The van der Waals surface area contributed by atoms with E-state index in [2.05, 4.69) is 0 Å². The van der Waals surface area contributed by atoms with Crippen molar-refractivity contribution in [2.75, 3.05) is 13.2 Å². The number of benzene rings is 2. The number of hydrogen-bond acceptors (Lipinski definition) is 19. The standard InChI is InChI=1S/C33H38O20/c1-33(49,6-17(38)39)7-18(40)50-9-16-23(42)27(46)29(48)32(53-16)21-25(44)20(31-28(47)26(45)22(41)15(8-34)52-31)24(43)19-13(37)5-14(51-30(19)21)10-2-3-11(35)12(36)4-10/h2-5,15-16,22-23,26-29,31-32,34-36,41-49H,6-9H2,1H3,(H,38,39)/t15-,16-,22-,23-,26+,27+,28-,29-,31+,32+,33?/m1/s1. The number of esters is 1. The number of aliphatic carboxylic acids is 1. The molecule has 290 valence electrons. The fourth-order valence-electron chi connectivity index (χ4n) is 6.35. The Balaban J connectivity index is 1.67. The van der Waals surface area contributed by atoms with E-state index < -0.39 is 155 Å². The number of phenols is 4. The number of hydrogen-bond donors (Lipinski definition) is 13. The van der Waals surface area contributed by atoms with Gasteiger partial charge >= 0.3 is 11.9 Å². The molecule has 0 bridgehead atoms. The summed E-state index contributed by atoms with van der Waals surface area (Å²) >= 11 is 0. The van der Waals surface area contributed by atoms with Crippen molar-refractivity contribution in [1.82, 2.24) is 0 Å². The summed E-state index contributed by atoms with van der Waals surface area (Å²) in [6.45, 7) is -0.783. The summed E-state index contributed by atoms with van der Waals surface area (Å²) < 4.78 is 22.3. The number of aliphatic hydroxyl groups is 8. The summed E-state index contributed by atoms with van der Waals surface area (Å²) in [4.78, 5) is 37.2. The monoisotopic (exact) mass is 754 g/mol. The van der Waals surface area contributed by atoms with Gasteiger partial charge in [-0.2, -0.15) is 0 Å². The number of fused-ring (bicyclic) bond motifs is 1. The summed E-state index contributed by atoms with van der Waals surface area (Å²) in [7, 11) is 0. The molecule has 0 saturated carbocycles. The molecule has 5 rings (SSSR count). The number of carbonyl (C=O) groups is 2. The molecule has 0 amide bonds. The molecule has 20 heteroatoms. The lowest BCUT2D eigenvalue weighted by molar-refractivity contribution is -0.235. The summed E-state index contributed by atoms with van der Waals surface area (Å²) in [5.41, 5.74) is -5.47. The van der Waals surface area contributed by atoms with Crippen LogP contribution in [0.4, 0.5) is 0 Å². The normalized spacial score (nSPS) is 30.1. The van der Waals surface area contributed by atoms with E-state index in [1.165, 1.54) is 6.07 Å². The van der Waals surface area contributed by atoms with Gasteiger partial charge in [0.1, 0.15) is 90.3 Å². The Bertz CT molecular complexity index is 1920. The van der Waals surface area contributed by atoms with Crippen LogP contribution >= 0.6 is 0 Å². The number of rotatable bonds is 10. The second-order valence-electron chi connectivity index (χ2n) is 13.2. The van der Waals surface area contributed by atoms with Gasteiger partial charge in [-0.05, 0) is 25.1 Å². The first kappa shape index (κ1) is 39.6. The van der Waals surface area contributed by atoms with Crippen molar-refractivity contribution in [3.63, 3.8) is 0 Å². The average Bonchev–Trinajstić information content (AvgIpc) is 3.07. The lowest BCUT2D eigenvalue weighted by atomic mass is 9.85. The summed E-state index contributed by atoms with van der Waals surface area (Å²) in [5, 5.41) is 136. The van der Waals surface area contributed by atoms with E-state index in [4.69, 9.17) is 23.7 Å². The highest BCUT2D eigenvalue weighted by Gasteiger charge is 2.50. The molecule has 13 N–H and O–H groups in total. The summed E-state index contributed by atoms with van der Waals surface area (Å²) in [6, 6.07) is 4.08. The first-order valence-electron chi connectivity index (χ1n) is 16.0. The third kappa shape index (κ3) is 7.59. The van der Waals surface area contributed by atoms with Crippen molar-refractivity contribution in [2.45, 2.75) is 86.4 Å². The van der Waals surface area contributed by atoms with Gasteiger partial charge in [0.15, 0.2) is 22.5 Å². The largest absolute Gasteiger partial charge is 0.507 e. The van der Waals surface area contributed by atoms with Crippen LogP contribution in [0, 0.1) is 0 Å². The number of carboxylic acid groups (broad SMARTS) is 1. The quantitative estimate of drug-likeness (QED) is 0.0750. The highest BCUT2D eigenvalue weighted by Crippen LogP contribution is 2.51. The molecule has 2 saturated heterocycles. The van der Waals surface area contributed by atoms with Gasteiger partial charge < -0.3 is 85.0 Å². The minimum atomic E-state index is -2.21. The molecule has 2 aliphatic heterocycles. The third-order valence-electron chi connectivity index (χ3n) is 9.09. The van der Waals surface area contributed by atoms with Gasteiger partial charge in [-0.1, -0.05) is 0 Å². The number of aromatic hydroxyl groups is 4. The molecule has 1 unspecified atom stereocenters. The highest BCUT2D eigenvalue weighted by atomic mass is 16.6. The maximum absolute atomic E-state index is 13.7. The van der Waals surface area contributed by atoms with Crippen LogP contribution in [0.3, 0.4) is 0 Å². The predicted octanol–water partition coefficient (Wildman–Crippen LogP) is -2.52. The molecule has 20 nitrogen and oxygen atoms in total. The maximum Gasteiger partial charge on any atom is 0.308 e. The van der Waals surface area contributed by atoms with Gasteiger partial charge in [-0.15, -0.1) is 0 Å². The molecule has 53 heavy (non-hydrogen) atoms. The minimum Gasteiger partial charge on any atom is -0.507 e. The van der Waals surface area contributed by atoms with E-state index in [9.17, 15) is 75.7 Å². The van der Waals surface area contributed by atoms with Crippen molar-refractivity contribution in [2.24, 2.45) is 0 Å². The molecular formula is C33H38O20. The Morgan fingerprint density at radius 2 is 1.36 bits per heavy atom. The highest BCUT2D eigenvalue weighted by molar-refractivity contribution is 5.92. The zero-order chi connectivity index (χ0) is 39.3. The van der Waals surface area contributed by atoms with E-state index in [1.807, 2.05) is 0 Å². The lowest BCUT2D eigenvalue weighted by Crippen LogP contribution is -2.56. The van der Waals surface area contributed by atoms with Crippen LogP contribution in [0.5, 0.6) is 23.0 Å². The topological polar surface area (TPSA) is 355 Å². The molecule has 0 aliphatic carbocycles. The zero-order valence-corrected chi connectivity index (χ0v) is 27.6. The number of phenolic OH excluding ortho intramolecular Hbond substituents is 4. The van der Waals surface area contributed by atoms with Crippen molar-refractivity contribution >= 4 is 22.9 Å². The third-order valence-corrected chi connectivity index (χ3v) is 9.09. The van der Waals surface area contributed by atoms with Crippen molar-refractivity contribution in [3.8, 4) is 34.3 Å². The van der Waals surface area contributed by atoms with Crippen molar-refractivity contribution < 1.29 is 94.6 Å². The Kier molecular flexibility index (Phi) is 11.2. The molecular weight excluding hydrogens is 716 g/mol. The van der Waals surface area contributed by atoms with Crippen LogP contribution in [0.15, 0.2) is 33.5 Å². The smallest absolute Gasteiger partial charge is 0.308 e. The van der Waals surface area contributed by atoms with E-state index in [0.29, 0.717) is 0 Å². The van der Waals surface area contributed by atoms with Crippen LogP contribution in [-0.2, 0) is 23.8 Å². The zero-order valence-electron chi connectivity index (χ0n) is 27.6. The Hall–Kier alpha value is -4.61. The molecule has 3 heterocycles. The van der Waals surface area contributed by atoms with Crippen molar-refractivity contribution in [3.05, 3.63) is 45.6 Å². The van der Waals surface area contributed by atoms with Gasteiger partial charge in [0.25, 0.3) is 0 Å². The molecule has 0 radical (unpaired) electrons. The minimum absolute atomic E-state index is 0.0358. The Morgan fingerprint density at radius 1 is 0.774 bits per heavy atom. The average molecular weight is 755 g/mol. The van der Waals surface area contributed by atoms with Crippen LogP contribution in [0.1, 0.15) is 43.1 Å². The summed E-state index contributed by atoms with van der Waals surface area (Å²) in [5.74, 6) is -6.39. The maximum atomic E-state index is 13.7. The number of carboxylic acids is 1. The second kappa shape index (κ2) is 15.0. The van der Waals surface area contributed by atoms with Crippen LogP contribution in [0.2, 0.25) is 0 Å². The first-order valence-corrected chi connectivity index (χ1v) is 16.0. The molecule has 0 spiro atoms. The molecule has 3 aromatic rings. The molecule has 11 atom stereocenters. The Morgan fingerprint density at radius 3 is 1.94 bits per heavy atom. The SMILES string of the molecule is CC(O)(CC(=O)O)CC(=O)OC[C@H]1O[C@@H](c2c(O)c([C@@H]3O[C@H](CO)[C@@H](O)[C@H](O)[C@H]3O)c(O)c3c(=O)cc(-c4ccc(O)c(O)c4)oc23)[C@H](O)[C@@H](O)[C@@H]1O. The molecule has 1 aromatic heterocycles. The first-order chi connectivity index (χ1) is 24.8. The van der Waals surface area contributed by atoms with Gasteiger partial charge in [0.05, 0.1) is 36.2 Å². The molecule has 2 fully saturated rings. The van der Waals surface area contributed by atoms with Gasteiger partial charge in [0, 0.05) is 11.6 Å². The van der Waals surface area contributed by atoms with Crippen LogP contribution < -0.4 is 5.43 Å². The Labute approximate surface area is 297 Å². The number of aliphatic hydroxyl groups excluding tert-OH is 7. The van der Waals surface area contributed by atoms with E-state index in [1.54, 1.807) is 0 Å². The number of ether oxygens (including phenoxy) is 3. The fourth-order valence-corrected chi connectivity index (χ4v) is 6.35. The van der Waals surface area contributed by atoms with E-state index in [-0.39, 0.29) is 11.3 Å². The fraction of sp³-hybridized carbons (Fsp3) is 0.485. The van der Waals surface area contributed by atoms with Gasteiger partial charge in [0.2, 0.25) is 0 Å². The summed E-state index contributed by atoms with van der Waals surface area (Å²) in [6.07, 6.45) is -21.5. The van der Waals surface area contributed by atoms with Gasteiger partial charge in [-0.3, -0.25) is 14.4 Å².